The molecule has 21 heavy (non-hydrogen) atoms. The van der Waals surface area contributed by atoms with Gasteiger partial charge in [-0.1, -0.05) is 12.1 Å². The highest BCUT2D eigenvalue weighted by Crippen LogP contribution is 2.34. The number of carbonyl (C=O) groups excluding carboxylic acids is 1. The zero-order chi connectivity index (χ0) is 15.4. The molecule has 0 spiro atoms. The summed E-state index contributed by atoms with van der Waals surface area (Å²) in [5, 5.41) is 10.9. The number of nitrogens with zero attached hydrogens (tertiary/aromatic N) is 2. The first kappa shape index (κ1) is 15.7. The maximum absolute atomic E-state index is 11.5. The van der Waals surface area contributed by atoms with E-state index in [2.05, 4.69) is 0 Å². The number of hydrogen-bond acceptors (Lipinski definition) is 5. The first-order valence-corrected chi connectivity index (χ1v) is 7.14. The van der Waals surface area contributed by atoms with Gasteiger partial charge in [0.1, 0.15) is 0 Å². The number of piperidine rings is 1. The van der Waals surface area contributed by atoms with E-state index in [-0.39, 0.29) is 29.6 Å². The van der Waals surface area contributed by atoms with Crippen LogP contribution in [0.2, 0.25) is 0 Å². The third-order valence-corrected chi connectivity index (χ3v) is 4.07. The van der Waals surface area contributed by atoms with E-state index >= 15 is 0 Å². The van der Waals surface area contributed by atoms with Gasteiger partial charge < -0.3 is 4.74 Å². The Hall–Kier alpha value is -1.66. The third kappa shape index (κ3) is 3.92. The number of methoxy groups -OCH3 is 1. The van der Waals surface area contributed by atoms with E-state index in [1.807, 2.05) is 11.0 Å². The van der Waals surface area contributed by atoms with Crippen LogP contribution in [0.3, 0.4) is 0 Å². The van der Waals surface area contributed by atoms with Crippen LogP contribution in [0.25, 0.3) is 0 Å². The lowest BCUT2D eigenvalue weighted by atomic mass is 9.94. The summed E-state index contributed by atoms with van der Waals surface area (Å²) in [6, 6.07) is 6.37. The van der Waals surface area contributed by atoms with Gasteiger partial charge in [0.2, 0.25) is 0 Å². The monoisotopic (exact) mass is 312 g/mol. The number of nitro groups is 1. The van der Waals surface area contributed by atoms with Gasteiger partial charge in [-0.3, -0.25) is 19.8 Å². The van der Waals surface area contributed by atoms with E-state index in [0.717, 1.165) is 12.0 Å². The Bertz CT molecular complexity index is 537. The quantitative estimate of drug-likeness (QED) is 0.370. The fraction of sp³-hybridized carbons (Fsp3) is 0.500. The molecule has 0 bridgehead atoms. The number of non-ortho nitro benzene ring substituents is 1. The van der Waals surface area contributed by atoms with Gasteiger partial charge in [-0.05, 0) is 18.4 Å². The van der Waals surface area contributed by atoms with Crippen LogP contribution in [0, 0.1) is 10.1 Å². The Labute approximate surface area is 127 Å². The molecule has 0 aromatic heterocycles. The molecular weight excluding hydrogens is 296 g/mol. The highest BCUT2D eigenvalue weighted by atomic mass is 35.5. The molecular formula is C14H17ClN2O4. The SMILES string of the molecule is COC(=O)CN1CCC(Cl)CC1c1cccc([N+](=O)[O-])c1. The van der Waals surface area contributed by atoms with Crippen LogP contribution in [-0.4, -0.2) is 41.4 Å². The Morgan fingerprint density at radius 1 is 1.57 bits per heavy atom. The number of nitro benzene ring substituents is 1. The molecule has 114 valence electrons. The van der Waals surface area contributed by atoms with Crippen molar-refractivity contribution in [2.24, 2.45) is 0 Å². The van der Waals surface area contributed by atoms with Gasteiger partial charge in [-0.25, -0.2) is 0 Å². The zero-order valence-electron chi connectivity index (χ0n) is 11.7. The predicted molar refractivity (Wildman–Crippen MR) is 78.3 cm³/mol. The average Bonchev–Trinajstić information content (AvgIpc) is 2.49. The molecule has 1 aliphatic rings. The minimum absolute atomic E-state index is 0.00293. The molecule has 0 N–H and O–H groups in total. The first-order valence-electron chi connectivity index (χ1n) is 6.70. The second kappa shape index (κ2) is 6.87. The summed E-state index contributed by atoms with van der Waals surface area (Å²) in [5.74, 6) is -0.321. The molecule has 0 amide bonds. The molecule has 0 aliphatic carbocycles. The number of ether oxygens (including phenoxy) is 1. The van der Waals surface area contributed by atoms with Crippen LogP contribution in [0.15, 0.2) is 24.3 Å². The van der Waals surface area contributed by atoms with E-state index in [1.165, 1.54) is 13.2 Å². The molecule has 2 atom stereocenters. The second-order valence-corrected chi connectivity index (χ2v) is 5.65. The van der Waals surface area contributed by atoms with Crippen LogP contribution >= 0.6 is 11.6 Å². The molecule has 1 heterocycles. The van der Waals surface area contributed by atoms with Crippen molar-refractivity contribution < 1.29 is 14.5 Å². The summed E-state index contributed by atoms with van der Waals surface area (Å²) < 4.78 is 4.70. The number of esters is 1. The normalized spacial score (nSPS) is 22.8. The van der Waals surface area contributed by atoms with Gasteiger partial charge in [0, 0.05) is 30.1 Å². The van der Waals surface area contributed by atoms with E-state index in [9.17, 15) is 14.9 Å². The van der Waals surface area contributed by atoms with Gasteiger partial charge in [0.25, 0.3) is 5.69 Å². The number of rotatable bonds is 4. The van der Waals surface area contributed by atoms with Gasteiger partial charge in [-0.15, -0.1) is 11.6 Å². The second-order valence-electron chi connectivity index (χ2n) is 5.04. The number of carbonyl (C=O) groups is 1. The molecule has 2 unspecified atom stereocenters. The maximum atomic E-state index is 11.5. The Morgan fingerprint density at radius 3 is 3.00 bits per heavy atom. The van der Waals surface area contributed by atoms with Crippen molar-refractivity contribution in [2.75, 3.05) is 20.2 Å². The lowest BCUT2D eigenvalue weighted by Crippen LogP contribution is -2.40. The minimum atomic E-state index is -0.421. The summed E-state index contributed by atoms with van der Waals surface area (Å²) >= 11 is 6.22. The first-order chi connectivity index (χ1) is 10.0. The highest BCUT2D eigenvalue weighted by Gasteiger charge is 2.30. The van der Waals surface area contributed by atoms with Gasteiger partial charge >= 0.3 is 5.97 Å². The van der Waals surface area contributed by atoms with Crippen molar-refractivity contribution in [1.29, 1.82) is 0 Å². The Kier molecular flexibility index (Phi) is 5.14. The fourth-order valence-corrected chi connectivity index (χ4v) is 2.85. The Balaban J connectivity index is 2.25. The van der Waals surface area contributed by atoms with Crippen LogP contribution in [0.5, 0.6) is 0 Å². The van der Waals surface area contributed by atoms with Crippen LogP contribution in [-0.2, 0) is 9.53 Å². The molecule has 1 aromatic carbocycles. The standard InChI is InChI=1S/C14H17ClN2O4/c1-21-14(18)9-16-6-5-11(15)8-13(16)10-3-2-4-12(7-10)17(19)20/h2-4,7,11,13H,5-6,8-9H2,1H3. The molecule has 1 saturated heterocycles. The lowest BCUT2D eigenvalue weighted by Gasteiger charge is -2.37. The summed E-state index contributed by atoms with van der Waals surface area (Å²) in [7, 11) is 1.35. The number of hydrogen-bond donors (Lipinski definition) is 0. The summed E-state index contributed by atoms with van der Waals surface area (Å²) in [6.07, 6.45) is 1.43. The molecule has 1 fully saturated rings. The van der Waals surface area contributed by atoms with E-state index in [1.54, 1.807) is 12.1 Å². The van der Waals surface area contributed by atoms with Crippen molar-refractivity contribution in [2.45, 2.75) is 24.3 Å². The smallest absolute Gasteiger partial charge is 0.319 e. The van der Waals surface area contributed by atoms with Crippen LogP contribution in [0.4, 0.5) is 5.69 Å². The lowest BCUT2D eigenvalue weighted by molar-refractivity contribution is -0.385. The van der Waals surface area contributed by atoms with Crippen LogP contribution in [0.1, 0.15) is 24.4 Å². The van der Waals surface area contributed by atoms with E-state index < -0.39 is 4.92 Å². The molecule has 6 nitrogen and oxygen atoms in total. The number of benzene rings is 1. The summed E-state index contributed by atoms with van der Waals surface area (Å²) in [6.45, 7) is 0.824. The van der Waals surface area contributed by atoms with E-state index in [4.69, 9.17) is 16.3 Å². The molecule has 1 aromatic rings. The van der Waals surface area contributed by atoms with Crippen molar-refractivity contribution in [3.63, 3.8) is 0 Å². The van der Waals surface area contributed by atoms with E-state index in [0.29, 0.717) is 13.0 Å². The number of halogens is 1. The number of alkyl halides is 1. The molecule has 2 rings (SSSR count). The summed E-state index contributed by atoms with van der Waals surface area (Å²) in [5.41, 5.74) is 0.848. The minimum Gasteiger partial charge on any atom is -0.468 e. The largest absolute Gasteiger partial charge is 0.468 e. The third-order valence-electron chi connectivity index (χ3n) is 3.67. The molecule has 7 heteroatoms. The van der Waals surface area contributed by atoms with Crippen LogP contribution < -0.4 is 0 Å². The van der Waals surface area contributed by atoms with Gasteiger partial charge in [0.15, 0.2) is 0 Å². The van der Waals surface area contributed by atoms with Crippen molar-refractivity contribution in [3.8, 4) is 0 Å². The van der Waals surface area contributed by atoms with Gasteiger partial charge in [0.05, 0.1) is 18.6 Å². The van der Waals surface area contributed by atoms with Crippen molar-refractivity contribution >= 4 is 23.3 Å². The Morgan fingerprint density at radius 2 is 2.33 bits per heavy atom. The summed E-state index contributed by atoms with van der Waals surface area (Å²) in [4.78, 5) is 23.9. The predicted octanol–water partition coefficient (Wildman–Crippen LogP) is 2.51. The topological polar surface area (TPSA) is 72.7 Å². The molecule has 0 saturated carbocycles. The molecule has 0 radical (unpaired) electrons. The molecule has 1 aliphatic heterocycles. The van der Waals surface area contributed by atoms with Gasteiger partial charge in [-0.2, -0.15) is 0 Å². The van der Waals surface area contributed by atoms with Crippen molar-refractivity contribution in [3.05, 3.63) is 39.9 Å². The maximum Gasteiger partial charge on any atom is 0.319 e. The highest BCUT2D eigenvalue weighted by molar-refractivity contribution is 6.20. The average molecular weight is 313 g/mol. The fourth-order valence-electron chi connectivity index (χ4n) is 2.58. The van der Waals surface area contributed by atoms with Crippen molar-refractivity contribution in [1.82, 2.24) is 4.90 Å². The number of likely N-dealkylation sites (tertiary alicyclic amines) is 1. The zero-order valence-corrected chi connectivity index (χ0v) is 12.5.